The van der Waals surface area contributed by atoms with Gasteiger partial charge in [0.15, 0.2) is 0 Å². The molecule has 22 heavy (non-hydrogen) atoms. The van der Waals surface area contributed by atoms with Gasteiger partial charge in [-0.15, -0.1) is 0 Å². The van der Waals surface area contributed by atoms with Crippen LogP contribution in [0.15, 0.2) is 24.3 Å². The van der Waals surface area contributed by atoms with E-state index in [4.69, 9.17) is 21.5 Å². The van der Waals surface area contributed by atoms with Crippen LogP contribution in [0.3, 0.4) is 0 Å². The second kappa shape index (κ2) is 6.26. The molecule has 6 N–H and O–H groups in total. The number of aliphatic hydroxyl groups is 2. The first-order valence-corrected chi connectivity index (χ1v) is 6.38. The number of aliphatic hydroxyl groups excluding tert-OH is 2. The van der Waals surface area contributed by atoms with E-state index >= 15 is 0 Å². The zero-order valence-electron chi connectivity index (χ0n) is 11.8. The lowest BCUT2D eigenvalue weighted by Gasteiger charge is -2.18. The third-order valence-corrected chi connectivity index (χ3v) is 2.87. The van der Waals surface area contributed by atoms with Crippen molar-refractivity contribution in [2.75, 3.05) is 11.5 Å². The van der Waals surface area contributed by atoms with Gasteiger partial charge in [-0.05, 0) is 24.6 Å². The molecule has 8 nitrogen and oxygen atoms in total. The number of nitrogens with zero attached hydrogens (tertiary/aromatic N) is 3. The Morgan fingerprint density at radius 2 is 1.82 bits per heavy atom. The number of aromatic nitrogens is 2. The smallest absolute Gasteiger partial charge is 0.230 e. The van der Waals surface area contributed by atoms with Crippen LogP contribution in [0.5, 0.6) is 5.88 Å². The molecule has 0 saturated carbocycles. The Hall–Kier alpha value is -2.89. The van der Waals surface area contributed by atoms with Gasteiger partial charge in [-0.25, -0.2) is 0 Å². The summed E-state index contributed by atoms with van der Waals surface area (Å²) >= 11 is 0. The van der Waals surface area contributed by atoms with Crippen molar-refractivity contribution in [1.29, 1.82) is 5.26 Å². The predicted molar refractivity (Wildman–Crippen MR) is 79.3 cm³/mol. The molecule has 1 heterocycles. The highest BCUT2D eigenvalue weighted by atomic mass is 16.6. The van der Waals surface area contributed by atoms with Crippen LogP contribution >= 0.6 is 0 Å². The zero-order chi connectivity index (χ0) is 16.3. The van der Waals surface area contributed by atoms with Crippen molar-refractivity contribution in [2.24, 2.45) is 0 Å². The molecule has 8 heteroatoms. The van der Waals surface area contributed by atoms with E-state index in [1.807, 2.05) is 6.07 Å². The van der Waals surface area contributed by atoms with E-state index < -0.39 is 12.4 Å². The average molecular weight is 301 g/mol. The fourth-order valence-corrected chi connectivity index (χ4v) is 1.75. The van der Waals surface area contributed by atoms with Gasteiger partial charge in [-0.3, -0.25) is 0 Å². The largest absolute Gasteiger partial charge is 0.444 e. The molecule has 0 unspecified atom stereocenters. The lowest BCUT2D eigenvalue weighted by atomic mass is 10.1. The molecule has 2 aromatic rings. The summed E-state index contributed by atoms with van der Waals surface area (Å²) in [4.78, 5) is 7.76. The molecule has 1 aromatic carbocycles. The van der Waals surface area contributed by atoms with E-state index in [2.05, 4.69) is 9.97 Å². The lowest BCUT2D eigenvalue weighted by Crippen LogP contribution is -2.29. The monoisotopic (exact) mass is 301 g/mol. The quantitative estimate of drug-likeness (QED) is 0.587. The molecule has 0 aliphatic heterocycles. The zero-order valence-corrected chi connectivity index (χ0v) is 11.8. The molecule has 0 saturated heterocycles. The maximum atomic E-state index is 9.66. The first kappa shape index (κ1) is 15.5. The van der Waals surface area contributed by atoms with Crippen LogP contribution in [0, 0.1) is 11.3 Å². The van der Waals surface area contributed by atoms with E-state index in [-0.39, 0.29) is 17.6 Å². The van der Waals surface area contributed by atoms with Crippen LogP contribution in [0.25, 0.3) is 11.1 Å². The van der Waals surface area contributed by atoms with E-state index in [0.29, 0.717) is 16.7 Å². The summed E-state index contributed by atoms with van der Waals surface area (Å²) in [6, 6.07) is 8.49. The Balaban J connectivity index is 2.51. The second-order valence-electron chi connectivity index (χ2n) is 4.59. The predicted octanol–water partition coefficient (Wildman–Crippen LogP) is 0.258. The van der Waals surface area contributed by atoms with Crippen molar-refractivity contribution in [2.45, 2.75) is 19.3 Å². The normalized spacial score (nSPS) is 13.2. The SMILES string of the molecule is C[C@H](O)[C@@H](O)Oc1nc(N)nc(N)c1-c1ccc(C#N)cc1. The van der Waals surface area contributed by atoms with E-state index in [1.165, 1.54) is 6.92 Å². The Labute approximate surface area is 126 Å². The van der Waals surface area contributed by atoms with Crippen molar-refractivity contribution < 1.29 is 14.9 Å². The second-order valence-corrected chi connectivity index (χ2v) is 4.59. The number of rotatable bonds is 4. The molecule has 0 radical (unpaired) electrons. The molecule has 114 valence electrons. The van der Waals surface area contributed by atoms with Crippen LogP contribution in [-0.2, 0) is 0 Å². The van der Waals surface area contributed by atoms with Gasteiger partial charge in [0.1, 0.15) is 11.9 Å². The Kier molecular flexibility index (Phi) is 4.41. The molecule has 1 aromatic heterocycles. The first-order chi connectivity index (χ1) is 10.4. The van der Waals surface area contributed by atoms with Crippen LogP contribution in [0.1, 0.15) is 12.5 Å². The number of anilines is 2. The lowest BCUT2D eigenvalue weighted by molar-refractivity contribution is -0.0976. The van der Waals surface area contributed by atoms with E-state index in [9.17, 15) is 10.2 Å². The summed E-state index contributed by atoms with van der Waals surface area (Å²) in [5.41, 5.74) is 12.8. The molecule has 0 aliphatic rings. The molecule has 0 aliphatic carbocycles. The van der Waals surface area contributed by atoms with E-state index in [1.54, 1.807) is 24.3 Å². The molecule has 0 bridgehead atoms. The van der Waals surface area contributed by atoms with Crippen molar-refractivity contribution in [3.05, 3.63) is 29.8 Å². The number of benzene rings is 1. The molecule has 2 atom stereocenters. The fourth-order valence-electron chi connectivity index (χ4n) is 1.75. The molecular formula is C14H15N5O3. The third-order valence-electron chi connectivity index (χ3n) is 2.87. The standard InChI is InChI=1S/C14H15N5O3/c1-7(20)13(21)22-12-10(11(16)18-14(17)19-12)9-4-2-8(6-15)3-5-9/h2-5,7,13,20-21H,1H3,(H4,16,17,18,19)/t7-,13-/m0/s1. The maximum Gasteiger partial charge on any atom is 0.230 e. The number of nitrogens with two attached hydrogens (primary N) is 2. The highest BCUT2D eigenvalue weighted by Gasteiger charge is 2.20. The summed E-state index contributed by atoms with van der Waals surface area (Å²) in [7, 11) is 0. The third kappa shape index (κ3) is 3.22. The Bertz CT molecular complexity index is 710. The molecule has 2 rings (SSSR count). The molecule has 0 spiro atoms. The van der Waals surface area contributed by atoms with Gasteiger partial charge in [-0.1, -0.05) is 12.1 Å². The summed E-state index contributed by atoms with van der Waals surface area (Å²) in [6.07, 6.45) is -2.63. The minimum atomic E-state index is -1.49. The summed E-state index contributed by atoms with van der Waals surface area (Å²) in [6.45, 7) is 1.36. The fraction of sp³-hybridized carbons (Fsp3) is 0.214. The van der Waals surface area contributed by atoms with E-state index in [0.717, 1.165) is 0 Å². The highest BCUT2D eigenvalue weighted by molar-refractivity contribution is 5.79. The van der Waals surface area contributed by atoms with Crippen molar-refractivity contribution >= 4 is 11.8 Å². The topological polar surface area (TPSA) is 151 Å². The number of nitriles is 1. The van der Waals surface area contributed by atoms with Crippen molar-refractivity contribution in [1.82, 2.24) is 9.97 Å². The van der Waals surface area contributed by atoms with Gasteiger partial charge >= 0.3 is 0 Å². The van der Waals surface area contributed by atoms with Gasteiger partial charge in [0.2, 0.25) is 18.1 Å². The summed E-state index contributed by atoms with van der Waals surface area (Å²) in [5, 5.41) is 27.8. The first-order valence-electron chi connectivity index (χ1n) is 6.38. The number of nitrogen functional groups attached to an aromatic ring is 2. The van der Waals surface area contributed by atoms with Crippen LogP contribution < -0.4 is 16.2 Å². The van der Waals surface area contributed by atoms with Gasteiger partial charge < -0.3 is 26.4 Å². The average Bonchev–Trinajstić information content (AvgIpc) is 2.47. The Morgan fingerprint density at radius 3 is 2.36 bits per heavy atom. The number of ether oxygens (including phenoxy) is 1. The van der Waals surface area contributed by atoms with Crippen LogP contribution in [-0.4, -0.2) is 32.6 Å². The van der Waals surface area contributed by atoms with Crippen molar-refractivity contribution in [3.8, 4) is 23.1 Å². The van der Waals surface area contributed by atoms with Gasteiger partial charge in [-0.2, -0.15) is 15.2 Å². The minimum absolute atomic E-state index is 0.0527. The highest BCUT2D eigenvalue weighted by Crippen LogP contribution is 2.34. The molecule has 0 amide bonds. The van der Waals surface area contributed by atoms with Crippen LogP contribution in [0.2, 0.25) is 0 Å². The maximum absolute atomic E-state index is 9.66. The number of hydrogen-bond donors (Lipinski definition) is 4. The van der Waals surface area contributed by atoms with Gasteiger partial charge in [0.25, 0.3) is 0 Å². The Morgan fingerprint density at radius 1 is 1.18 bits per heavy atom. The van der Waals surface area contributed by atoms with Gasteiger partial charge in [0.05, 0.1) is 17.2 Å². The van der Waals surface area contributed by atoms with Gasteiger partial charge in [0, 0.05) is 0 Å². The molecular weight excluding hydrogens is 286 g/mol. The summed E-state index contributed by atoms with van der Waals surface area (Å²) < 4.78 is 5.21. The van der Waals surface area contributed by atoms with Crippen LogP contribution in [0.4, 0.5) is 11.8 Å². The minimum Gasteiger partial charge on any atom is -0.444 e. The molecule has 0 fully saturated rings. The van der Waals surface area contributed by atoms with Crippen molar-refractivity contribution in [3.63, 3.8) is 0 Å². The summed E-state index contributed by atoms with van der Waals surface area (Å²) in [5.74, 6) is -0.115. The number of hydrogen-bond acceptors (Lipinski definition) is 8.